The van der Waals surface area contributed by atoms with Crippen LogP contribution in [-0.2, 0) is 4.79 Å². The van der Waals surface area contributed by atoms with E-state index in [-0.39, 0.29) is 16.6 Å². The quantitative estimate of drug-likeness (QED) is 0.844. The first kappa shape index (κ1) is 11.1. The molecule has 1 aromatic carbocycles. The van der Waals surface area contributed by atoms with Crippen LogP contribution in [0.1, 0.15) is 0 Å². The Kier molecular flexibility index (Phi) is 3.55. The fourth-order valence-corrected chi connectivity index (χ4v) is 1.48. The van der Waals surface area contributed by atoms with Crippen molar-refractivity contribution in [3.8, 4) is 0 Å². The molecular formula is C8H7Cl2FN2O. The van der Waals surface area contributed by atoms with Crippen molar-refractivity contribution in [2.75, 3.05) is 11.9 Å². The number of nitrogens with two attached hydrogens (primary N) is 1. The summed E-state index contributed by atoms with van der Waals surface area (Å²) in [6.07, 6.45) is 0. The summed E-state index contributed by atoms with van der Waals surface area (Å²) >= 11 is 11.4. The van der Waals surface area contributed by atoms with E-state index in [9.17, 15) is 9.18 Å². The molecule has 14 heavy (non-hydrogen) atoms. The number of nitrogens with one attached hydrogen (secondary N) is 1. The predicted octanol–water partition coefficient (Wildman–Crippen LogP) is 2.03. The summed E-state index contributed by atoms with van der Waals surface area (Å²) in [6, 6.07) is 2.19. The Morgan fingerprint density at radius 1 is 1.43 bits per heavy atom. The van der Waals surface area contributed by atoms with Gasteiger partial charge in [0.25, 0.3) is 0 Å². The summed E-state index contributed by atoms with van der Waals surface area (Å²) < 4.78 is 12.7. The molecule has 3 nitrogen and oxygen atoms in total. The van der Waals surface area contributed by atoms with Gasteiger partial charge < -0.3 is 11.1 Å². The van der Waals surface area contributed by atoms with Gasteiger partial charge in [0, 0.05) is 0 Å². The van der Waals surface area contributed by atoms with Crippen LogP contribution < -0.4 is 11.1 Å². The zero-order chi connectivity index (χ0) is 10.7. The van der Waals surface area contributed by atoms with E-state index in [0.29, 0.717) is 5.69 Å². The van der Waals surface area contributed by atoms with Crippen LogP contribution in [0.5, 0.6) is 0 Å². The third-order valence-electron chi connectivity index (χ3n) is 1.45. The van der Waals surface area contributed by atoms with Gasteiger partial charge in [-0.05, 0) is 12.1 Å². The molecular weight excluding hydrogens is 230 g/mol. The topological polar surface area (TPSA) is 55.1 Å². The normalized spacial score (nSPS) is 9.93. The fraction of sp³-hybridized carbons (Fsp3) is 0.125. The molecule has 0 atom stereocenters. The highest BCUT2D eigenvalue weighted by molar-refractivity contribution is 6.39. The molecule has 0 aliphatic heterocycles. The highest BCUT2D eigenvalue weighted by Crippen LogP contribution is 2.30. The number of carbonyl (C=O) groups is 1. The van der Waals surface area contributed by atoms with Gasteiger partial charge in [-0.2, -0.15) is 0 Å². The Labute approximate surface area is 90.0 Å². The smallest absolute Gasteiger partial charge is 0.236 e. The molecule has 0 unspecified atom stereocenters. The van der Waals surface area contributed by atoms with Crippen molar-refractivity contribution in [1.82, 2.24) is 0 Å². The third-order valence-corrected chi connectivity index (χ3v) is 2.04. The van der Waals surface area contributed by atoms with Crippen LogP contribution in [0.25, 0.3) is 0 Å². The molecule has 1 rings (SSSR count). The van der Waals surface area contributed by atoms with Crippen LogP contribution in [0.2, 0.25) is 10.0 Å². The summed E-state index contributed by atoms with van der Waals surface area (Å²) in [6.45, 7) is -0.106. The lowest BCUT2D eigenvalue weighted by atomic mass is 10.3. The maximum Gasteiger partial charge on any atom is 0.236 e. The van der Waals surface area contributed by atoms with Crippen molar-refractivity contribution >= 4 is 34.8 Å². The van der Waals surface area contributed by atoms with E-state index in [1.165, 1.54) is 0 Å². The second kappa shape index (κ2) is 4.48. The second-order valence-electron chi connectivity index (χ2n) is 2.56. The molecule has 1 aromatic rings. The zero-order valence-electron chi connectivity index (χ0n) is 6.98. The Balaban J connectivity index is 2.91. The van der Waals surface area contributed by atoms with Crippen LogP contribution in [0.4, 0.5) is 10.1 Å². The summed E-state index contributed by atoms with van der Waals surface area (Å²) in [7, 11) is 0. The van der Waals surface area contributed by atoms with Crippen molar-refractivity contribution in [2.45, 2.75) is 0 Å². The Bertz CT molecular complexity index is 347. The summed E-state index contributed by atoms with van der Waals surface area (Å²) in [5.41, 5.74) is 5.21. The van der Waals surface area contributed by atoms with Crippen molar-refractivity contribution in [3.63, 3.8) is 0 Å². The van der Waals surface area contributed by atoms with E-state index in [4.69, 9.17) is 28.9 Å². The molecule has 0 aliphatic rings. The van der Waals surface area contributed by atoms with E-state index in [2.05, 4.69) is 5.32 Å². The Morgan fingerprint density at radius 2 is 1.93 bits per heavy atom. The number of carbonyl (C=O) groups excluding carboxylic acids is 1. The lowest BCUT2D eigenvalue weighted by Crippen LogP contribution is -2.22. The molecule has 0 aliphatic carbocycles. The summed E-state index contributed by atoms with van der Waals surface area (Å²) in [5, 5.41) is 2.82. The molecule has 0 heterocycles. The highest BCUT2D eigenvalue weighted by atomic mass is 35.5. The Hall–Kier alpha value is -1.00. The van der Waals surface area contributed by atoms with Crippen molar-refractivity contribution in [2.24, 2.45) is 5.73 Å². The highest BCUT2D eigenvalue weighted by Gasteiger charge is 2.08. The molecule has 1 amide bonds. The molecule has 76 valence electrons. The molecule has 3 N–H and O–H groups in total. The van der Waals surface area contributed by atoms with Gasteiger partial charge in [0.2, 0.25) is 5.91 Å². The first-order valence-electron chi connectivity index (χ1n) is 3.67. The maximum atomic E-state index is 12.7. The maximum absolute atomic E-state index is 12.7. The minimum Gasteiger partial charge on any atom is -0.374 e. The average Bonchev–Trinajstić information content (AvgIpc) is 2.01. The fourth-order valence-electron chi connectivity index (χ4n) is 0.887. The number of benzene rings is 1. The minimum atomic E-state index is -0.554. The number of halogens is 3. The van der Waals surface area contributed by atoms with Gasteiger partial charge in [-0.1, -0.05) is 23.2 Å². The Morgan fingerprint density at radius 3 is 2.36 bits per heavy atom. The monoisotopic (exact) mass is 236 g/mol. The standard InChI is InChI=1S/C8H7Cl2FN2O/c9-5-1-4(11)2-6(10)8(5)13-3-7(12)14/h1-2,13H,3H2,(H2,12,14). The average molecular weight is 237 g/mol. The van der Waals surface area contributed by atoms with Gasteiger partial charge >= 0.3 is 0 Å². The van der Waals surface area contributed by atoms with E-state index in [1.54, 1.807) is 0 Å². The van der Waals surface area contributed by atoms with Gasteiger partial charge in [0.1, 0.15) is 5.82 Å². The van der Waals surface area contributed by atoms with Crippen molar-refractivity contribution in [3.05, 3.63) is 28.0 Å². The minimum absolute atomic E-state index is 0.106. The van der Waals surface area contributed by atoms with Crippen molar-refractivity contribution in [1.29, 1.82) is 0 Å². The lowest BCUT2D eigenvalue weighted by Gasteiger charge is -2.08. The van der Waals surface area contributed by atoms with E-state index in [0.717, 1.165) is 12.1 Å². The summed E-state index contributed by atoms with van der Waals surface area (Å²) in [5.74, 6) is -1.09. The van der Waals surface area contributed by atoms with Gasteiger partial charge in [-0.3, -0.25) is 4.79 Å². The van der Waals surface area contributed by atoms with E-state index >= 15 is 0 Å². The van der Waals surface area contributed by atoms with Crippen LogP contribution in [0.15, 0.2) is 12.1 Å². The number of primary amides is 1. The van der Waals surface area contributed by atoms with Gasteiger partial charge in [-0.15, -0.1) is 0 Å². The van der Waals surface area contributed by atoms with E-state index in [1.807, 2.05) is 0 Å². The number of hydrogen-bond donors (Lipinski definition) is 2. The molecule has 0 spiro atoms. The zero-order valence-corrected chi connectivity index (χ0v) is 8.49. The number of rotatable bonds is 3. The molecule has 0 fully saturated rings. The number of anilines is 1. The van der Waals surface area contributed by atoms with Crippen LogP contribution in [-0.4, -0.2) is 12.5 Å². The largest absolute Gasteiger partial charge is 0.374 e. The molecule has 0 radical (unpaired) electrons. The predicted molar refractivity (Wildman–Crippen MR) is 54.1 cm³/mol. The molecule has 0 bridgehead atoms. The number of amides is 1. The van der Waals surface area contributed by atoms with Gasteiger partial charge in [0.05, 0.1) is 22.3 Å². The molecule has 0 saturated heterocycles. The summed E-state index contributed by atoms with van der Waals surface area (Å²) in [4.78, 5) is 10.5. The van der Waals surface area contributed by atoms with Gasteiger partial charge in [0.15, 0.2) is 0 Å². The van der Waals surface area contributed by atoms with Gasteiger partial charge in [-0.25, -0.2) is 4.39 Å². The van der Waals surface area contributed by atoms with E-state index < -0.39 is 11.7 Å². The molecule has 0 saturated carbocycles. The first-order valence-corrected chi connectivity index (χ1v) is 4.43. The van der Waals surface area contributed by atoms with Crippen molar-refractivity contribution < 1.29 is 9.18 Å². The first-order chi connectivity index (χ1) is 6.50. The molecule has 0 aromatic heterocycles. The van der Waals surface area contributed by atoms with Crippen LogP contribution >= 0.6 is 23.2 Å². The SMILES string of the molecule is NC(=O)CNc1c(Cl)cc(F)cc1Cl. The molecule has 6 heteroatoms. The second-order valence-corrected chi connectivity index (χ2v) is 3.38. The lowest BCUT2D eigenvalue weighted by molar-refractivity contribution is -0.116. The number of hydrogen-bond acceptors (Lipinski definition) is 2. The third kappa shape index (κ3) is 2.75. The van der Waals surface area contributed by atoms with Crippen LogP contribution in [0, 0.1) is 5.82 Å². The van der Waals surface area contributed by atoms with Crippen LogP contribution in [0.3, 0.4) is 0 Å².